The van der Waals surface area contributed by atoms with E-state index in [2.05, 4.69) is 0 Å². The third kappa shape index (κ3) is 3.56. The summed E-state index contributed by atoms with van der Waals surface area (Å²) < 4.78 is 28.8. The van der Waals surface area contributed by atoms with Crippen LogP contribution in [0.15, 0.2) is 53.4 Å². The molecule has 2 N–H and O–H groups in total. The average molecular weight is 357 g/mol. The highest BCUT2D eigenvalue weighted by Gasteiger charge is 2.28. The molecule has 2 aromatic rings. The quantitative estimate of drug-likeness (QED) is 0.828. The minimum Gasteiger partial charge on any atom is -0.361 e. The molecule has 2 aromatic carbocycles. The van der Waals surface area contributed by atoms with Crippen LogP contribution in [-0.2, 0) is 25.9 Å². The Hall–Kier alpha value is -2.28. The van der Waals surface area contributed by atoms with Gasteiger partial charge in [0, 0.05) is 18.4 Å². The van der Waals surface area contributed by atoms with Crippen molar-refractivity contribution in [1.29, 1.82) is 0 Å². The second-order valence-electron chi connectivity index (χ2n) is 5.96. The van der Waals surface area contributed by atoms with Gasteiger partial charge in [0.05, 0.1) is 11.5 Å². The summed E-state index contributed by atoms with van der Waals surface area (Å²) in [5.74, 6) is 0. The standard InChI is InChI=1S/C19H19NO4S/c1-25(22,23)16-8-6-14(7-9-16)17-12-24-18(11-21)19(17)15-4-2-13(10-20)3-5-15/h2-9,11,18H,10,12,20H2,1H3. The summed E-state index contributed by atoms with van der Waals surface area (Å²) in [6.07, 6.45) is 1.32. The van der Waals surface area contributed by atoms with Crippen LogP contribution in [0.2, 0.25) is 0 Å². The van der Waals surface area contributed by atoms with Crippen molar-refractivity contribution in [3.8, 4) is 0 Å². The average Bonchev–Trinajstić information content (AvgIpc) is 3.05. The van der Waals surface area contributed by atoms with Gasteiger partial charge in [0.25, 0.3) is 0 Å². The monoisotopic (exact) mass is 357 g/mol. The maximum atomic E-state index is 11.6. The summed E-state index contributed by atoms with van der Waals surface area (Å²) in [5, 5.41) is 0. The lowest BCUT2D eigenvalue weighted by molar-refractivity contribution is -0.113. The summed E-state index contributed by atoms with van der Waals surface area (Å²) in [6.45, 7) is 0.752. The Morgan fingerprint density at radius 2 is 1.68 bits per heavy atom. The molecule has 0 amide bonds. The van der Waals surface area contributed by atoms with Gasteiger partial charge in [-0.3, -0.25) is 0 Å². The van der Waals surface area contributed by atoms with Crippen molar-refractivity contribution < 1.29 is 17.9 Å². The second kappa shape index (κ2) is 6.92. The number of hydrogen-bond donors (Lipinski definition) is 1. The van der Waals surface area contributed by atoms with E-state index in [0.717, 1.165) is 34.1 Å². The highest BCUT2D eigenvalue weighted by atomic mass is 32.2. The van der Waals surface area contributed by atoms with E-state index in [1.165, 1.54) is 6.26 Å². The van der Waals surface area contributed by atoms with Crippen LogP contribution in [-0.4, -0.2) is 33.7 Å². The Labute approximate surface area is 147 Å². The molecule has 0 spiro atoms. The molecule has 1 atom stereocenters. The predicted octanol–water partition coefficient (Wildman–Crippen LogP) is 2.06. The molecule has 0 saturated carbocycles. The largest absolute Gasteiger partial charge is 0.361 e. The van der Waals surface area contributed by atoms with E-state index in [9.17, 15) is 13.2 Å². The zero-order valence-corrected chi connectivity index (χ0v) is 14.6. The highest BCUT2D eigenvalue weighted by molar-refractivity contribution is 7.90. The van der Waals surface area contributed by atoms with Crippen molar-refractivity contribution >= 4 is 27.3 Å². The minimum atomic E-state index is -3.25. The number of carbonyl (C=O) groups excluding carboxylic acids is 1. The Morgan fingerprint density at radius 1 is 1.08 bits per heavy atom. The predicted molar refractivity (Wildman–Crippen MR) is 96.5 cm³/mol. The molecule has 25 heavy (non-hydrogen) atoms. The van der Waals surface area contributed by atoms with E-state index < -0.39 is 15.9 Å². The van der Waals surface area contributed by atoms with Gasteiger partial charge in [-0.25, -0.2) is 8.42 Å². The van der Waals surface area contributed by atoms with Crippen molar-refractivity contribution in [2.24, 2.45) is 5.73 Å². The van der Waals surface area contributed by atoms with Crippen LogP contribution in [0, 0.1) is 0 Å². The molecule has 3 rings (SSSR count). The fourth-order valence-electron chi connectivity index (χ4n) is 2.91. The third-order valence-corrected chi connectivity index (χ3v) is 5.40. The van der Waals surface area contributed by atoms with E-state index >= 15 is 0 Å². The molecule has 0 fully saturated rings. The molecule has 0 aromatic heterocycles. The zero-order chi connectivity index (χ0) is 18.0. The highest BCUT2D eigenvalue weighted by Crippen LogP contribution is 2.36. The van der Waals surface area contributed by atoms with Crippen LogP contribution in [0.4, 0.5) is 0 Å². The Balaban J connectivity index is 2.07. The molecule has 130 valence electrons. The van der Waals surface area contributed by atoms with E-state index in [4.69, 9.17) is 10.5 Å². The molecule has 0 radical (unpaired) electrons. The molecule has 6 heteroatoms. The molecule has 1 unspecified atom stereocenters. The third-order valence-electron chi connectivity index (χ3n) is 4.27. The Morgan fingerprint density at radius 3 is 2.20 bits per heavy atom. The van der Waals surface area contributed by atoms with Gasteiger partial charge in [0.2, 0.25) is 0 Å². The molecular weight excluding hydrogens is 338 g/mol. The van der Waals surface area contributed by atoms with Crippen LogP contribution >= 0.6 is 0 Å². The van der Waals surface area contributed by atoms with Gasteiger partial charge in [-0.05, 0) is 34.4 Å². The SMILES string of the molecule is CS(=O)(=O)c1ccc(C2=C(c3ccc(CN)cc3)C(C=O)OC2)cc1. The van der Waals surface area contributed by atoms with Crippen LogP contribution in [0.3, 0.4) is 0 Å². The van der Waals surface area contributed by atoms with E-state index in [1.54, 1.807) is 24.3 Å². The van der Waals surface area contributed by atoms with Crippen molar-refractivity contribution in [2.75, 3.05) is 12.9 Å². The van der Waals surface area contributed by atoms with Gasteiger partial charge in [-0.2, -0.15) is 0 Å². The smallest absolute Gasteiger partial charge is 0.175 e. The van der Waals surface area contributed by atoms with Gasteiger partial charge in [-0.1, -0.05) is 36.4 Å². The topological polar surface area (TPSA) is 86.5 Å². The molecular formula is C19H19NO4S. The Kier molecular flexibility index (Phi) is 4.85. The van der Waals surface area contributed by atoms with Crippen molar-refractivity contribution in [1.82, 2.24) is 0 Å². The first kappa shape index (κ1) is 17.5. The lowest BCUT2D eigenvalue weighted by atomic mass is 9.93. The van der Waals surface area contributed by atoms with Crippen molar-refractivity contribution in [2.45, 2.75) is 17.5 Å². The maximum Gasteiger partial charge on any atom is 0.175 e. The summed E-state index contributed by atoms with van der Waals surface area (Å²) in [4.78, 5) is 11.7. The van der Waals surface area contributed by atoms with Crippen LogP contribution in [0.1, 0.15) is 16.7 Å². The fourth-order valence-corrected chi connectivity index (χ4v) is 3.54. The van der Waals surface area contributed by atoms with Crippen molar-refractivity contribution in [3.05, 3.63) is 65.2 Å². The lowest BCUT2D eigenvalue weighted by Crippen LogP contribution is -2.10. The van der Waals surface area contributed by atoms with Gasteiger partial charge >= 0.3 is 0 Å². The van der Waals surface area contributed by atoms with Gasteiger partial charge in [0.1, 0.15) is 6.10 Å². The summed E-state index contributed by atoms with van der Waals surface area (Å²) >= 11 is 0. The van der Waals surface area contributed by atoms with E-state index in [-0.39, 0.29) is 4.90 Å². The van der Waals surface area contributed by atoms with Gasteiger partial charge in [-0.15, -0.1) is 0 Å². The normalized spacial score (nSPS) is 17.8. The molecule has 1 aliphatic rings. The van der Waals surface area contributed by atoms with Crippen LogP contribution < -0.4 is 5.73 Å². The number of rotatable bonds is 5. The van der Waals surface area contributed by atoms with Gasteiger partial charge < -0.3 is 15.3 Å². The minimum absolute atomic E-state index is 0.261. The second-order valence-corrected chi connectivity index (χ2v) is 7.97. The summed E-state index contributed by atoms with van der Waals surface area (Å²) in [6, 6.07) is 14.3. The van der Waals surface area contributed by atoms with Crippen molar-refractivity contribution in [3.63, 3.8) is 0 Å². The lowest BCUT2D eigenvalue weighted by Gasteiger charge is -2.11. The molecule has 0 saturated heterocycles. The number of benzene rings is 2. The van der Waals surface area contributed by atoms with Gasteiger partial charge in [0.15, 0.2) is 16.1 Å². The first-order chi connectivity index (χ1) is 11.9. The fraction of sp³-hybridized carbons (Fsp3) is 0.211. The van der Waals surface area contributed by atoms with Crippen LogP contribution in [0.5, 0.6) is 0 Å². The van der Waals surface area contributed by atoms with Crippen LogP contribution in [0.25, 0.3) is 11.1 Å². The number of ether oxygens (including phenoxy) is 1. The molecule has 5 nitrogen and oxygen atoms in total. The number of aldehydes is 1. The molecule has 1 aliphatic heterocycles. The first-order valence-corrected chi connectivity index (χ1v) is 9.73. The Bertz CT molecular complexity index is 913. The zero-order valence-electron chi connectivity index (χ0n) is 13.8. The van der Waals surface area contributed by atoms with E-state index in [0.29, 0.717) is 13.2 Å². The number of hydrogen-bond acceptors (Lipinski definition) is 5. The number of carbonyl (C=O) groups is 1. The van der Waals surface area contributed by atoms with E-state index in [1.807, 2.05) is 24.3 Å². The number of sulfone groups is 1. The summed E-state index contributed by atoms with van der Waals surface area (Å²) in [7, 11) is -3.25. The summed E-state index contributed by atoms with van der Waals surface area (Å²) in [5.41, 5.74) is 10.1. The first-order valence-electron chi connectivity index (χ1n) is 7.84. The maximum absolute atomic E-state index is 11.6. The number of nitrogens with two attached hydrogens (primary N) is 1. The molecule has 0 aliphatic carbocycles. The molecule has 0 bridgehead atoms. The molecule has 1 heterocycles.